The monoisotopic (exact) mass is 379 g/mol. The maximum Gasteiger partial charge on any atom is 0.416 e. The number of Topliss-reactive ketones (excluding diaryl/α,β-unsaturated/α-hetero) is 1. The van der Waals surface area contributed by atoms with Gasteiger partial charge in [0.25, 0.3) is 5.69 Å². The molecule has 27 heavy (non-hydrogen) atoms. The van der Waals surface area contributed by atoms with Crippen LogP contribution in [0, 0.1) is 10.1 Å². The van der Waals surface area contributed by atoms with Gasteiger partial charge in [0, 0.05) is 23.8 Å². The summed E-state index contributed by atoms with van der Waals surface area (Å²) in [6, 6.07) is 9.12. The van der Waals surface area contributed by atoms with Crippen molar-refractivity contribution in [1.82, 2.24) is 0 Å². The maximum atomic E-state index is 12.6. The van der Waals surface area contributed by atoms with Gasteiger partial charge in [-0.1, -0.05) is 12.1 Å². The Kier molecular flexibility index (Phi) is 6.07. The lowest BCUT2D eigenvalue weighted by Gasteiger charge is -2.08. The number of hydrogen-bond donors (Lipinski definition) is 0. The number of nitrogens with zero attached hydrogens (tertiary/aromatic N) is 1. The van der Waals surface area contributed by atoms with Crippen molar-refractivity contribution in [3.05, 3.63) is 81.4 Å². The van der Waals surface area contributed by atoms with Crippen molar-refractivity contribution in [1.29, 1.82) is 0 Å². The number of esters is 1. The third kappa shape index (κ3) is 5.77. The number of non-ortho nitro benzene ring substituents is 1. The Balaban J connectivity index is 1.93. The zero-order valence-corrected chi connectivity index (χ0v) is 13.6. The number of nitro benzene ring substituents is 1. The van der Waals surface area contributed by atoms with E-state index in [9.17, 15) is 32.9 Å². The first-order valence-electron chi connectivity index (χ1n) is 7.46. The Morgan fingerprint density at radius 2 is 1.78 bits per heavy atom. The summed E-state index contributed by atoms with van der Waals surface area (Å²) in [7, 11) is 0. The lowest BCUT2D eigenvalue weighted by Crippen LogP contribution is -2.14. The average Bonchev–Trinajstić information content (AvgIpc) is 2.64. The van der Waals surface area contributed by atoms with Gasteiger partial charge in [0.2, 0.25) is 0 Å². The first-order chi connectivity index (χ1) is 12.7. The number of nitro groups is 1. The second-order valence-electron chi connectivity index (χ2n) is 5.29. The fourth-order valence-electron chi connectivity index (χ4n) is 2.01. The molecule has 0 bridgehead atoms. The molecular formula is C18H12F3NO5. The molecule has 6 nitrogen and oxygen atoms in total. The second-order valence-corrected chi connectivity index (χ2v) is 5.29. The Labute approximate surface area is 151 Å². The van der Waals surface area contributed by atoms with Gasteiger partial charge >= 0.3 is 12.1 Å². The molecule has 0 saturated carbocycles. The van der Waals surface area contributed by atoms with Crippen molar-refractivity contribution < 1.29 is 32.4 Å². The molecule has 0 aromatic heterocycles. The van der Waals surface area contributed by atoms with E-state index in [1.165, 1.54) is 36.4 Å². The molecular weight excluding hydrogens is 367 g/mol. The molecule has 2 aromatic carbocycles. The second kappa shape index (κ2) is 8.26. The van der Waals surface area contributed by atoms with E-state index in [-0.39, 0.29) is 11.3 Å². The van der Waals surface area contributed by atoms with Crippen molar-refractivity contribution in [3.8, 4) is 0 Å². The zero-order chi connectivity index (χ0) is 20.0. The molecule has 0 spiro atoms. The molecule has 9 heteroatoms. The van der Waals surface area contributed by atoms with Gasteiger partial charge in [-0.2, -0.15) is 13.2 Å². The number of ether oxygens (including phenoxy) is 1. The number of carbonyl (C=O) groups excluding carboxylic acids is 2. The predicted octanol–water partition coefficient (Wildman–Crippen LogP) is 4.05. The third-order valence-electron chi connectivity index (χ3n) is 3.37. The minimum atomic E-state index is -4.58. The summed E-state index contributed by atoms with van der Waals surface area (Å²) in [5, 5.41) is 10.5. The first kappa shape index (κ1) is 19.8. The Hall–Kier alpha value is -3.49. The normalized spacial score (nSPS) is 11.4. The summed E-state index contributed by atoms with van der Waals surface area (Å²) in [6.07, 6.45) is -2.26. The van der Waals surface area contributed by atoms with Crippen LogP contribution in [0.2, 0.25) is 0 Å². The van der Waals surface area contributed by atoms with Crippen LogP contribution in [-0.4, -0.2) is 23.3 Å². The summed E-state index contributed by atoms with van der Waals surface area (Å²) in [6.45, 7) is -0.718. The number of ketones is 1. The molecule has 2 rings (SSSR count). The summed E-state index contributed by atoms with van der Waals surface area (Å²) in [5.74, 6) is -1.66. The lowest BCUT2D eigenvalue weighted by molar-refractivity contribution is -0.384. The van der Waals surface area contributed by atoms with Crippen LogP contribution in [0.3, 0.4) is 0 Å². The van der Waals surface area contributed by atoms with E-state index < -0.39 is 35.0 Å². The molecule has 140 valence electrons. The van der Waals surface area contributed by atoms with Crippen LogP contribution < -0.4 is 0 Å². The van der Waals surface area contributed by atoms with E-state index in [0.29, 0.717) is 11.6 Å². The van der Waals surface area contributed by atoms with E-state index >= 15 is 0 Å². The highest BCUT2D eigenvalue weighted by Gasteiger charge is 2.30. The molecule has 0 heterocycles. The fraction of sp³-hybridized carbons (Fsp3) is 0.111. The van der Waals surface area contributed by atoms with E-state index in [1.54, 1.807) is 0 Å². The van der Waals surface area contributed by atoms with Crippen molar-refractivity contribution in [2.24, 2.45) is 0 Å². The van der Waals surface area contributed by atoms with Crippen LogP contribution in [0.5, 0.6) is 0 Å². The van der Waals surface area contributed by atoms with Crippen LogP contribution in [0.25, 0.3) is 6.08 Å². The lowest BCUT2D eigenvalue weighted by atomic mass is 10.1. The summed E-state index contributed by atoms with van der Waals surface area (Å²) < 4.78 is 42.6. The molecule has 0 radical (unpaired) electrons. The molecule has 0 atom stereocenters. The summed E-state index contributed by atoms with van der Waals surface area (Å²) in [4.78, 5) is 33.4. The number of alkyl halides is 3. The van der Waals surface area contributed by atoms with E-state index in [0.717, 1.165) is 18.2 Å². The average molecular weight is 379 g/mol. The number of rotatable bonds is 6. The van der Waals surface area contributed by atoms with Gasteiger partial charge in [-0.05, 0) is 35.9 Å². The van der Waals surface area contributed by atoms with Crippen LogP contribution in [-0.2, 0) is 15.7 Å². The molecule has 0 N–H and O–H groups in total. The van der Waals surface area contributed by atoms with Gasteiger partial charge in [-0.25, -0.2) is 4.79 Å². The highest BCUT2D eigenvalue weighted by molar-refractivity contribution is 5.99. The molecule has 0 aliphatic carbocycles. The van der Waals surface area contributed by atoms with Crippen LogP contribution in [0.1, 0.15) is 21.5 Å². The Bertz CT molecular complexity index is 889. The third-order valence-corrected chi connectivity index (χ3v) is 3.37. The van der Waals surface area contributed by atoms with Crippen LogP contribution in [0.15, 0.2) is 54.6 Å². The van der Waals surface area contributed by atoms with Crippen molar-refractivity contribution in [2.75, 3.05) is 6.61 Å². The topological polar surface area (TPSA) is 86.5 Å². The van der Waals surface area contributed by atoms with Crippen LogP contribution >= 0.6 is 0 Å². The number of carbonyl (C=O) groups is 2. The minimum Gasteiger partial charge on any atom is -0.454 e. The van der Waals surface area contributed by atoms with Gasteiger partial charge in [0.15, 0.2) is 12.4 Å². The van der Waals surface area contributed by atoms with Gasteiger partial charge in [0.05, 0.1) is 10.5 Å². The molecule has 0 unspecified atom stereocenters. The SMILES string of the molecule is O=C(/C=C/c1ccc([N+](=O)[O-])cc1)OCC(=O)c1cccc(C(F)(F)F)c1. The number of halogens is 3. The summed E-state index contributed by atoms with van der Waals surface area (Å²) in [5.41, 5.74) is -0.821. The van der Waals surface area contributed by atoms with Crippen molar-refractivity contribution in [3.63, 3.8) is 0 Å². The molecule has 0 aliphatic rings. The summed E-state index contributed by atoms with van der Waals surface area (Å²) >= 11 is 0. The quantitative estimate of drug-likeness (QED) is 0.248. The van der Waals surface area contributed by atoms with Gasteiger partial charge in [-0.15, -0.1) is 0 Å². The largest absolute Gasteiger partial charge is 0.454 e. The van der Waals surface area contributed by atoms with E-state index in [4.69, 9.17) is 4.74 Å². The molecule has 2 aromatic rings. The number of benzene rings is 2. The Morgan fingerprint density at radius 1 is 1.11 bits per heavy atom. The van der Waals surface area contributed by atoms with Crippen molar-refractivity contribution >= 4 is 23.5 Å². The van der Waals surface area contributed by atoms with Crippen LogP contribution in [0.4, 0.5) is 18.9 Å². The van der Waals surface area contributed by atoms with E-state index in [1.807, 2.05) is 0 Å². The van der Waals surface area contributed by atoms with Gasteiger partial charge in [0.1, 0.15) is 0 Å². The highest BCUT2D eigenvalue weighted by atomic mass is 19.4. The number of hydrogen-bond acceptors (Lipinski definition) is 5. The molecule has 0 amide bonds. The van der Waals surface area contributed by atoms with Crippen molar-refractivity contribution in [2.45, 2.75) is 6.18 Å². The molecule has 0 aliphatic heterocycles. The standard InChI is InChI=1S/C18H12F3NO5/c19-18(20,21)14-3-1-2-13(10-14)16(23)11-27-17(24)9-6-12-4-7-15(8-5-12)22(25)26/h1-10H,11H2/b9-6+. The van der Waals surface area contributed by atoms with Gasteiger partial charge < -0.3 is 4.74 Å². The first-order valence-corrected chi connectivity index (χ1v) is 7.46. The van der Waals surface area contributed by atoms with Gasteiger partial charge in [-0.3, -0.25) is 14.9 Å². The minimum absolute atomic E-state index is 0.110. The fourth-order valence-corrected chi connectivity index (χ4v) is 2.01. The Morgan fingerprint density at radius 3 is 2.37 bits per heavy atom. The van der Waals surface area contributed by atoms with E-state index in [2.05, 4.69) is 0 Å². The molecule has 0 saturated heterocycles. The smallest absolute Gasteiger partial charge is 0.416 e. The zero-order valence-electron chi connectivity index (χ0n) is 13.6. The molecule has 0 fully saturated rings. The highest BCUT2D eigenvalue weighted by Crippen LogP contribution is 2.29. The predicted molar refractivity (Wildman–Crippen MR) is 88.9 cm³/mol. The maximum absolute atomic E-state index is 12.6.